The number of fused-ring (bicyclic) bond motifs is 1. The summed E-state index contributed by atoms with van der Waals surface area (Å²) >= 11 is 0. The summed E-state index contributed by atoms with van der Waals surface area (Å²) in [6.07, 6.45) is 5.28. The normalized spacial score (nSPS) is 10.7. The number of hydrogen-bond donors (Lipinski definition) is 1. The summed E-state index contributed by atoms with van der Waals surface area (Å²) < 4.78 is 0. The van der Waals surface area contributed by atoms with E-state index in [-0.39, 0.29) is 0 Å². The standard InChI is InChI=1S/C14H12N4/c1-9-8-16-6-5-11(9)12-3-2-10-4-7-17-14(15)13(10)18-12/h2-8H,1H3,(H2,15,17). The van der Waals surface area contributed by atoms with Crippen LogP contribution in [-0.4, -0.2) is 15.0 Å². The number of pyridine rings is 3. The van der Waals surface area contributed by atoms with Crippen molar-refractivity contribution in [1.29, 1.82) is 0 Å². The van der Waals surface area contributed by atoms with E-state index in [1.165, 1.54) is 0 Å². The maximum atomic E-state index is 5.86. The van der Waals surface area contributed by atoms with Gasteiger partial charge in [0.1, 0.15) is 11.3 Å². The van der Waals surface area contributed by atoms with E-state index in [4.69, 9.17) is 5.73 Å². The Hall–Kier alpha value is -2.49. The third-order valence-corrected chi connectivity index (χ3v) is 2.93. The smallest absolute Gasteiger partial charge is 0.149 e. The Morgan fingerprint density at radius 2 is 1.94 bits per heavy atom. The fourth-order valence-corrected chi connectivity index (χ4v) is 1.98. The van der Waals surface area contributed by atoms with Crippen molar-refractivity contribution in [2.45, 2.75) is 6.92 Å². The van der Waals surface area contributed by atoms with Crippen LogP contribution < -0.4 is 5.73 Å². The van der Waals surface area contributed by atoms with Gasteiger partial charge in [0.25, 0.3) is 0 Å². The summed E-state index contributed by atoms with van der Waals surface area (Å²) in [6.45, 7) is 2.01. The van der Waals surface area contributed by atoms with E-state index in [0.717, 1.165) is 27.7 Å². The first-order valence-electron chi connectivity index (χ1n) is 5.68. The highest BCUT2D eigenvalue weighted by Crippen LogP contribution is 2.24. The summed E-state index contributed by atoms with van der Waals surface area (Å²) in [4.78, 5) is 12.7. The molecule has 0 amide bonds. The van der Waals surface area contributed by atoms with E-state index in [0.29, 0.717) is 5.82 Å². The molecule has 88 valence electrons. The molecule has 0 aliphatic rings. The van der Waals surface area contributed by atoms with Crippen LogP contribution in [0, 0.1) is 6.92 Å². The van der Waals surface area contributed by atoms with Crippen LogP contribution >= 0.6 is 0 Å². The van der Waals surface area contributed by atoms with Gasteiger partial charge in [-0.1, -0.05) is 6.07 Å². The molecule has 0 radical (unpaired) electrons. The van der Waals surface area contributed by atoms with Gasteiger partial charge in [-0.15, -0.1) is 0 Å². The van der Waals surface area contributed by atoms with Crippen LogP contribution in [0.3, 0.4) is 0 Å². The Balaban J connectivity index is 2.26. The summed E-state index contributed by atoms with van der Waals surface area (Å²) in [5, 5.41) is 0.998. The van der Waals surface area contributed by atoms with Gasteiger partial charge in [0.15, 0.2) is 0 Å². The third-order valence-electron chi connectivity index (χ3n) is 2.93. The highest BCUT2D eigenvalue weighted by molar-refractivity contribution is 5.88. The molecular weight excluding hydrogens is 224 g/mol. The molecule has 4 heteroatoms. The Bertz CT molecular complexity index is 722. The van der Waals surface area contributed by atoms with Crippen LogP contribution in [0.2, 0.25) is 0 Å². The van der Waals surface area contributed by atoms with Gasteiger partial charge in [0.05, 0.1) is 5.69 Å². The molecule has 0 saturated heterocycles. The van der Waals surface area contributed by atoms with Crippen LogP contribution in [0.5, 0.6) is 0 Å². The molecule has 0 bridgehead atoms. The van der Waals surface area contributed by atoms with Gasteiger partial charge in [0.2, 0.25) is 0 Å². The number of hydrogen-bond acceptors (Lipinski definition) is 4. The largest absolute Gasteiger partial charge is 0.382 e. The predicted molar refractivity (Wildman–Crippen MR) is 71.9 cm³/mol. The molecule has 0 spiro atoms. The van der Waals surface area contributed by atoms with Crippen LogP contribution in [0.25, 0.3) is 22.2 Å². The zero-order chi connectivity index (χ0) is 12.5. The van der Waals surface area contributed by atoms with Gasteiger partial charge < -0.3 is 5.73 Å². The van der Waals surface area contributed by atoms with Crippen molar-refractivity contribution in [3.8, 4) is 11.3 Å². The maximum Gasteiger partial charge on any atom is 0.149 e. The minimum absolute atomic E-state index is 0.459. The van der Waals surface area contributed by atoms with Gasteiger partial charge in [-0.05, 0) is 30.7 Å². The lowest BCUT2D eigenvalue weighted by molar-refractivity contribution is 1.25. The van der Waals surface area contributed by atoms with Gasteiger partial charge in [-0.2, -0.15) is 0 Å². The number of nitrogen functional groups attached to an aromatic ring is 1. The maximum absolute atomic E-state index is 5.86. The van der Waals surface area contributed by atoms with Gasteiger partial charge >= 0.3 is 0 Å². The van der Waals surface area contributed by atoms with Crippen LogP contribution in [0.15, 0.2) is 42.9 Å². The Morgan fingerprint density at radius 3 is 2.78 bits per heavy atom. The van der Waals surface area contributed by atoms with Crippen molar-refractivity contribution in [2.24, 2.45) is 0 Å². The zero-order valence-corrected chi connectivity index (χ0v) is 9.96. The molecule has 0 aliphatic heterocycles. The number of aryl methyl sites for hydroxylation is 1. The second kappa shape index (κ2) is 4.07. The van der Waals surface area contributed by atoms with Crippen LogP contribution in [0.4, 0.5) is 5.82 Å². The van der Waals surface area contributed by atoms with Crippen LogP contribution in [0.1, 0.15) is 5.56 Å². The fourth-order valence-electron chi connectivity index (χ4n) is 1.98. The number of rotatable bonds is 1. The minimum Gasteiger partial charge on any atom is -0.382 e. The third kappa shape index (κ3) is 1.68. The first-order chi connectivity index (χ1) is 8.75. The van der Waals surface area contributed by atoms with E-state index in [1.54, 1.807) is 12.4 Å². The molecule has 0 saturated carbocycles. The quantitative estimate of drug-likeness (QED) is 0.705. The molecule has 0 fully saturated rings. The lowest BCUT2D eigenvalue weighted by Gasteiger charge is -2.06. The zero-order valence-electron chi connectivity index (χ0n) is 9.96. The van der Waals surface area contributed by atoms with Crippen molar-refractivity contribution in [3.63, 3.8) is 0 Å². The Morgan fingerprint density at radius 1 is 1.06 bits per heavy atom. The molecule has 0 unspecified atom stereocenters. The second-order valence-corrected chi connectivity index (χ2v) is 4.15. The topological polar surface area (TPSA) is 64.7 Å². The van der Waals surface area contributed by atoms with Gasteiger partial charge in [-0.25, -0.2) is 9.97 Å². The van der Waals surface area contributed by atoms with Crippen LogP contribution in [-0.2, 0) is 0 Å². The Kier molecular flexibility index (Phi) is 2.41. The van der Waals surface area contributed by atoms with E-state index < -0.39 is 0 Å². The van der Waals surface area contributed by atoms with E-state index in [1.807, 2.05) is 37.4 Å². The molecule has 18 heavy (non-hydrogen) atoms. The average molecular weight is 236 g/mol. The SMILES string of the molecule is Cc1cnccc1-c1ccc2ccnc(N)c2n1. The number of nitrogens with two attached hydrogens (primary N) is 1. The molecular formula is C14H12N4. The molecule has 2 N–H and O–H groups in total. The predicted octanol–water partition coefficient (Wildman–Crippen LogP) is 2.58. The van der Waals surface area contributed by atoms with Crippen molar-refractivity contribution >= 4 is 16.7 Å². The molecule has 0 atom stereocenters. The summed E-state index contributed by atoms with van der Waals surface area (Å²) in [6, 6.07) is 7.86. The molecule has 0 aliphatic carbocycles. The fraction of sp³-hybridized carbons (Fsp3) is 0.0714. The molecule has 0 aromatic carbocycles. The molecule has 3 aromatic heterocycles. The lowest BCUT2D eigenvalue weighted by atomic mass is 10.1. The van der Waals surface area contributed by atoms with E-state index in [2.05, 4.69) is 15.0 Å². The van der Waals surface area contributed by atoms with Gasteiger partial charge in [0, 0.05) is 29.5 Å². The molecule has 4 nitrogen and oxygen atoms in total. The highest BCUT2D eigenvalue weighted by atomic mass is 14.9. The Labute approximate surface area is 105 Å². The van der Waals surface area contributed by atoms with Crippen molar-refractivity contribution in [1.82, 2.24) is 15.0 Å². The lowest BCUT2D eigenvalue weighted by Crippen LogP contribution is -1.95. The summed E-state index contributed by atoms with van der Waals surface area (Å²) in [5.41, 5.74) is 9.64. The van der Waals surface area contributed by atoms with E-state index in [9.17, 15) is 0 Å². The van der Waals surface area contributed by atoms with Crippen molar-refractivity contribution in [3.05, 3.63) is 48.4 Å². The number of anilines is 1. The van der Waals surface area contributed by atoms with Crippen molar-refractivity contribution in [2.75, 3.05) is 5.73 Å². The molecule has 3 aromatic rings. The number of nitrogens with zero attached hydrogens (tertiary/aromatic N) is 3. The van der Waals surface area contributed by atoms with Gasteiger partial charge in [-0.3, -0.25) is 4.98 Å². The monoisotopic (exact) mass is 236 g/mol. The molecule has 3 heterocycles. The summed E-state index contributed by atoms with van der Waals surface area (Å²) in [7, 11) is 0. The summed E-state index contributed by atoms with van der Waals surface area (Å²) in [5.74, 6) is 0.459. The number of aromatic nitrogens is 3. The molecule has 3 rings (SSSR count). The van der Waals surface area contributed by atoms with Crippen molar-refractivity contribution < 1.29 is 0 Å². The first-order valence-corrected chi connectivity index (χ1v) is 5.68. The van der Waals surface area contributed by atoms with E-state index >= 15 is 0 Å². The minimum atomic E-state index is 0.459. The second-order valence-electron chi connectivity index (χ2n) is 4.15. The highest BCUT2D eigenvalue weighted by Gasteiger charge is 2.06. The first kappa shape index (κ1) is 10.7. The average Bonchev–Trinajstić information content (AvgIpc) is 2.40.